The third-order valence-corrected chi connectivity index (χ3v) is 3.03. The molecule has 0 aromatic carbocycles. The van der Waals surface area contributed by atoms with Gasteiger partial charge in [-0.15, -0.1) is 0 Å². The molecule has 0 bridgehead atoms. The third-order valence-electron chi connectivity index (χ3n) is 3.03. The van der Waals surface area contributed by atoms with Gasteiger partial charge in [-0.05, 0) is 51.9 Å². The summed E-state index contributed by atoms with van der Waals surface area (Å²) in [4.78, 5) is 2.62. The van der Waals surface area contributed by atoms with E-state index in [-0.39, 0.29) is 0 Å². The third kappa shape index (κ3) is 12.2. The highest BCUT2D eigenvalue weighted by atomic mass is 15.1. The van der Waals surface area contributed by atoms with Crippen LogP contribution >= 0.6 is 0 Å². The summed E-state index contributed by atoms with van der Waals surface area (Å²) in [6.45, 7) is 14.0. The summed E-state index contributed by atoms with van der Waals surface area (Å²) in [7, 11) is 0. The van der Waals surface area contributed by atoms with E-state index in [9.17, 15) is 0 Å². The van der Waals surface area contributed by atoms with Crippen LogP contribution in [0.4, 0.5) is 0 Å². The molecular formula is C15H34N2. The van der Waals surface area contributed by atoms with E-state index in [1.165, 1.54) is 64.7 Å². The number of hydrogen-bond acceptors (Lipinski definition) is 2. The van der Waals surface area contributed by atoms with Crippen molar-refractivity contribution in [2.24, 2.45) is 0 Å². The Kier molecular flexibility index (Phi) is 12.3. The molecule has 0 unspecified atom stereocenters. The van der Waals surface area contributed by atoms with Crippen LogP contribution in [0.5, 0.6) is 0 Å². The second-order valence-corrected chi connectivity index (χ2v) is 5.36. The molecule has 0 atom stereocenters. The summed E-state index contributed by atoms with van der Waals surface area (Å²) >= 11 is 0. The molecule has 2 nitrogen and oxygen atoms in total. The topological polar surface area (TPSA) is 15.3 Å². The van der Waals surface area contributed by atoms with Crippen molar-refractivity contribution in [2.45, 2.75) is 72.3 Å². The van der Waals surface area contributed by atoms with Crippen LogP contribution in [0.2, 0.25) is 0 Å². The van der Waals surface area contributed by atoms with Gasteiger partial charge < -0.3 is 10.2 Å². The first-order valence-electron chi connectivity index (χ1n) is 7.66. The van der Waals surface area contributed by atoms with Gasteiger partial charge in [-0.25, -0.2) is 0 Å². The second kappa shape index (κ2) is 12.4. The Labute approximate surface area is 109 Å². The Morgan fingerprint density at radius 2 is 1.41 bits per heavy atom. The minimum atomic E-state index is 0.639. The zero-order valence-electron chi connectivity index (χ0n) is 12.6. The lowest BCUT2D eigenvalue weighted by atomic mass is 10.1. The highest BCUT2D eigenvalue weighted by Gasteiger charge is 2.01. The molecule has 0 saturated carbocycles. The lowest BCUT2D eigenvalue weighted by molar-refractivity contribution is 0.268. The maximum atomic E-state index is 3.48. The van der Waals surface area contributed by atoms with E-state index in [2.05, 4.69) is 37.9 Å². The van der Waals surface area contributed by atoms with Gasteiger partial charge in [0.2, 0.25) is 0 Å². The Morgan fingerprint density at radius 1 is 0.824 bits per heavy atom. The Bertz CT molecular complexity index is 140. The molecule has 17 heavy (non-hydrogen) atoms. The molecule has 0 aromatic heterocycles. The van der Waals surface area contributed by atoms with Crippen LogP contribution in [-0.2, 0) is 0 Å². The molecule has 0 fully saturated rings. The van der Waals surface area contributed by atoms with Crippen LogP contribution in [0.15, 0.2) is 0 Å². The van der Waals surface area contributed by atoms with Crippen molar-refractivity contribution in [1.29, 1.82) is 0 Å². The van der Waals surface area contributed by atoms with Gasteiger partial charge in [-0.1, -0.05) is 40.5 Å². The summed E-state index contributed by atoms with van der Waals surface area (Å²) in [5, 5.41) is 3.48. The van der Waals surface area contributed by atoms with Gasteiger partial charge in [-0.3, -0.25) is 0 Å². The normalized spacial score (nSPS) is 11.6. The number of hydrogen-bond donors (Lipinski definition) is 1. The first-order chi connectivity index (χ1) is 8.20. The van der Waals surface area contributed by atoms with Crippen molar-refractivity contribution < 1.29 is 0 Å². The summed E-state index contributed by atoms with van der Waals surface area (Å²) in [5.74, 6) is 0. The maximum absolute atomic E-state index is 3.48. The zero-order chi connectivity index (χ0) is 12.9. The van der Waals surface area contributed by atoms with Crippen molar-refractivity contribution in [3.63, 3.8) is 0 Å². The van der Waals surface area contributed by atoms with E-state index >= 15 is 0 Å². The molecule has 104 valence electrons. The first kappa shape index (κ1) is 16.9. The first-order valence-corrected chi connectivity index (χ1v) is 7.66. The van der Waals surface area contributed by atoms with Gasteiger partial charge in [0, 0.05) is 6.04 Å². The van der Waals surface area contributed by atoms with E-state index in [0.29, 0.717) is 6.04 Å². The molecule has 1 N–H and O–H groups in total. The van der Waals surface area contributed by atoms with Crippen LogP contribution in [0, 0.1) is 0 Å². The quantitative estimate of drug-likeness (QED) is 0.525. The Balaban J connectivity index is 3.29. The van der Waals surface area contributed by atoms with Gasteiger partial charge in [0.15, 0.2) is 0 Å². The number of unbranched alkanes of at least 4 members (excludes halogenated alkanes) is 3. The van der Waals surface area contributed by atoms with Crippen LogP contribution in [0.1, 0.15) is 66.2 Å². The highest BCUT2D eigenvalue weighted by Crippen LogP contribution is 2.03. The molecule has 0 saturated heterocycles. The predicted octanol–water partition coefficient (Wildman–Crippen LogP) is 3.67. The number of nitrogens with one attached hydrogen (secondary N) is 1. The molecule has 0 amide bonds. The predicted molar refractivity (Wildman–Crippen MR) is 78.6 cm³/mol. The van der Waals surface area contributed by atoms with Crippen molar-refractivity contribution >= 4 is 0 Å². The van der Waals surface area contributed by atoms with Gasteiger partial charge in [0.05, 0.1) is 0 Å². The standard InChI is InChI=1S/C15H34N2/c1-5-12-17(13-6-2)14-10-8-7-9-11-16-15(3)4/h15-16H,5-14H2,1-4H3. The molecule has 2 heteroatoms. The molecule has 0 aromatic rings. The van der Waals surface area contributed by atoms with Crippen molar-refractivity contribution in [3.8, 4) is 0 Å². The van der Waals surface area contributed by atoms with Crippen LogP contribution in [0.3, 0.4) is 0 Å². The lowest BCUT2D eigenvalue weighted by Crippen LogP contribution is -2.26. The molecule has 0 aliphatic heterocycles. The van der Waals surface area contributed by atoms with Crippen molar-refractivity contribution in [3.05, 3.63) is 0 Å². The highest BCUT2D eigenvalue weighted by molar-refractivity contribution is 4.58. The smallest absolute Gasteiger partial charge is 0.00103 e. The summed E-state index contributed by atoms with van der Waals surface area (Å²) in [5.41, 5.74) is 0. The maximum Gasteiger partial charge on any atom is 0.00103 e. The average molecular weight is 242 g/mol. The van der Waals surface area contributed by atoms with Crippen molar-refractivity contribution in [1.82, 2.24) is 10.2 Å². The minimum Gasteiger partial charge on any atom is -0.315 e. The van der Waals surface area contributed by atoms with E-state index in [4.69, 9.17) is 0 Å². The molecule has 0 spiro atoms. The lowest BCUT2D eigenvalue weighted by Gasteiger charge is -2.20. The van der Waals surface area contributed by atoms with Crippen LogP contribution in [0.25, 0.3) is 0 Å². The monoisotopic (exact) mass is 242 g/mol. The molecule has 0 aliphatic rings. The summed E-state index contributed by atoms with van der Waals surface area (Å²) < 4.78 is 0. The van der Waals surface area contributed by atoms with Gasteiger partial charge >= 0.3 is 0 Å². The SMILES string of the molecule is CCCN(CCC)CCCCCCNC(C)C. The fourth-order valence-electron chi connectivity index (χ4n) is 2.17. The molecule has 0 aliphatic carbocycles. The van der Waals surface area contributed by atoms with Crippen LogP contribution in [-0.4, -0.2) is 37.1 Å². The fourth-order valence-corrected chi connectivity index (χ4v) is 2.17. The van der Waals surface area contributed by atoms with Gasteiger partial charge in [0.1, 0.15) is 0 Å². The minimum absolute atomic E-state index is 0.639. The Morgan fingerprint density at radius 3 is 1.94 bits per heavy atom. The molecule has 0 radical (unpaired) electrons. The molecular weight excluding hydrogens is 208 g/mol. The van der Waals surface area contributed by atoms with E-state index in [0.717, 1.165) is 0 Å². The van der Waals surface area contributed by atoms with Crippen molar-refractivity contribution in [2.75, 3.05) is 26.2 Å². The molecule has 0 heterocycles. The second-order valence-electron chi connectivity index (χ2n) is 5.36. The molecule has 0 rings (SSSR count). The average Bonchev–Trinajstić information content (AvgIpc) is 2.28. The van der Waals surface area contributed by atoms with E-state index < -0.39 is 0 Å². The van der Waals surface area contributed by atoms with Crippen LogP contribution < -0.4 is 5.32 Å². The summed E-state index contributed by atoms with van der Waals surface area (Å²) in [6.07, 6.45) is 8.06. The van der Waals surface area contributed by atoms with E-state index in [1.54, 1.807) is 0 Å². The number of rotatable bonds is 12. The zero-order valence-corrected chi connectivity index (χ0v) is 12.6. The number of nitrogens with zero attached hydrogens (tertiary/aromatic N) is 1. The summed E-state index contributed by atoms with van der Waals surface area (Å²) in [6, 6.07) is 0.639. The fraction of sp³-hybridized carbons (Fsp3) is 1.00. The largest absolute Gasteiger partial charge is 0.315 e. The van der Waals surface area contributed by atoms with E-state index in [1.807, 2.05) is 0 Å². The Hall–Kier alpha value is -0.0800. The van der Waals surface area contributed by atoms with Gasteiger partial charge in [-0.2, -0.15) is 0 Å². The van der Waals surface area contributed by atoms with Gasteiger partial charge in [0.25, 0.3) is 0 Å².